The van der Waals surface area contributed by atoms with Crippen molar-refractivity contribution in [1.82, 2.24) is 0 Å². The van der Waals surface area contributed by atoms with Crippen LogP contribution in [0.2, 0.25) is 0 Å². The van der Waals surface area contributed by atoms with Crippen LogP contribution in [0.15, 0.2) is 22.7 Å². The number of hydrogen-bond acceptors (Lipinski definition) is 1. The van der Waals surface area contributed by atoms with Gasteiger partial charge in [-0.1, -0.05) is 41.8 Å². The molecule has 0 amide bonds. The van der Waals surface area contributed by atoms with Crippen molar-refractivity contribution in [2.24, 2.45) is 5.92 Å². The van der Waals surface area contributed by atoms with Crippen LogP contribution in [0, 0.1) is 5.92 Å². The number of benzene rings is 1. The summed E-state index contributed by atoms with van der Waals surface area (Å²) in [5, 5.41) is 0. The average molecular weight is 362 g/mol. The fourth-order valence-corrected chi connectivity index (χ4v) is 3.15. The molecule has 3 heteroatoms. The van der Waals surface area contributed by atoms with Gasteiger partial charge in [0.05, 0.1) is 11.1 Å². The second-order valence-electron chi connectivity index (χ2n) is 4.68. The van der Waals surface area contributed by atoms with Crippen LogP contribution in [0.25, 0.3) is 0 Å². The molecule has 0 bridgehead atoms. The third kappa shape index (κ3) is 3.99. The monoisotopic (exact) mass is 360 g/mol. The summed E-state index contributed by atoms with van der Waals surface area (Å²) in [5.41, 5.74) is 1.34. The van der Waals surface area contributed by atoms with Gasteiger partial charge in [0.2, 0.25) is 0 Å². The highest BCUT2D eigenvalue weighted by molar-refractivity contribution is 9.10. The lowest BCUT2D eigenvalue weighted by molar-refractivity contribution is 0.315. The van der Waals surface area contributed by atoms with Crippen LogP contribution < -0.4 is 4.74 Å². The van der Waals surface area contributed by atoms with Crippen LogP contribution >= 0.6 is 31.9 Å². The van der Waals surface area contributed by atoms with E-state index >= 15 is 0 Å². The van der Waals surface area contributed by atoms with E-state index in [1.54, 1.807) is 0 Å². The quantitative estimate of drug-likeness (QED) is 0.610. The molecule has 1 aliphatic carbocycles. The number of halogens is 2. The molecule has 1 atom stereocenters. The molecule has 0 aliphatic heterocycles. The van der Waals surface area contributed by atoms with Crippen LogP contribution in [0.1, 0.15) is 43.0 Å². The highest BCUT2D eigenvalue weighted by Gasteiger charge is 2.25. The van der Waals surface area contributed by atoms with E-state index in [0.29, 0.717) is 4.83 Å². The Morgan fingerprint density at radius 2 is 2.18 bits per heavy atom. The standard InChI is InChI=1S/C14H18Br2O/c1-2-7-17-14-6-5-11(9-13(14)16)12(15)8-10-3-4-10/h5-6,9-10,12H,2-4,7-8H2,1H3. The van der Waals surface area contributed by atoms with Gasteiger partial charge in [-0.25, -0.2) is 0 Å². The van der Waals surface area contributed by atoms with E-state index in [2.05, 4.69) is 57.0 Å². The number of hydrogen-bond donors (Lipinski definition) is 0. The summed E-state index contributed by atoms with van der Waals surface area (Å²) in [6.45, 7) is 2.89. The third-order valence-electron chi connectivity index (χ3n) is 3.02. The second kappa shape index (κ2) is 6.24. The zero-order valence-corrected chi connectivity index (χ0v) is 13.3. The number of ether oxygens (including phenoxy) is 1. The molecule has 1 unspecified atom stereocenters. The maximum atomic E-state index is 5.65. The predicted molar refractivity (Wildman–Crippen MR) is 78.9 cm³/mol. The van der Waals surface area contributed by atoms with E-state index in [9.17, 15) is 0 Å². The zero-order chi connectivity index (χ0) is 12.3. The zero-order valence-electron chi connectivity index (χ0n) is 10.1. The topological polar surface area (TPSA) is 9.23 Å². The molecule has 1 nitrogen and oxygen atoms in total. The molecule has 1 saturated carbocycles. The molecular formula is C14H18Br2O. The Bertz CT molecular complexity index is 374. The van der Waals surface area contributed by atoms with E-state index in [1.807, 2.05) is 0 Å². The summed E-state index contributed by atoms with van der Waals surface area (Å²) in [6, 6.07) is 6.40. The van der Waals surface area contributed by atoms with Crippen molar-refractivity contribution in [3.8, 4) is 5.75 Å². The Morgan fingerprint density at radius 1 is 1.41 bits per heavy atom. The smallest absolute Gasteiger partial charge is 0.133 e. The Balaban J connectivity index is 2.00. The highest BCUT2D eigenvalue weighted by atomic mass is 79.9. The molecule has 0 radical (unpaired) electrons. The van der Waals surface area contributed by atoms with Crippen LogP contribution in [-0.2, 0) is 0 Å². The molecule has 1 fully saturated rings. The maximum Gasteiger partial charge on any atom is 0.133 e. The Hall–Kier alpha value is -0.0200. The minimum Gasteiger partial charge on any atom is -0.492 e. The van der Waals surface area contributed by atoms with Gasteiger partial charge >= 0.3 is 0 Å². The normalized spacial score (nSPS) is 16.9. The van der Waals surface area contributed by atoms with Gasteiger partial charge in [-0.05, 0) is 52.4 Å². The fraction of sp³-hybridized carbons (Fsp3) is 0.571. The van der Waals surface area contributed by atoms with Crippen molar-refractivity contribution in [1.29, 1.82) is 0 Å². The molecule has 0 aromatic heterocycles. The lowest BCUT2D eigenvalue weighted by Crippen LogP contribution is -1.97. The Morgan fingerprint density at radius 3 is 2.76 bits per heavy atom. The second-order valence-corrected chi connectivity index (χ2v) is 6.64. The highest BCUT2D eigenvalue weighted by Crippen LogP contribution is 2.42. The first-order chi connectivity index (χ1) is 8.20. The van der Waals surface area contributed by atoms with Crippen LogP contribution in [-0.4, -0.2) is 6.61 Å². The molecule has 0 N–H and O–H groups in total. The van der Waals surface area contributed by atoms with Gasteiger partial charge in [0.15, 0.2) is 0 Å². The van der Waals surface area contributed by atoms with Crippen LogP contribution in [0.4, 0.5) is 0 Å². The average Bonchev–Trinajstić information content (AvgIpc) is 3.11. The summed E-state index contributed by atoms with van der Waals surface area (Å²) in [4.78, 5) is 0.478. The van der Waals surface area contributed by atoms with Crippen molar-refractivity contribution >= 4 is 31.9 Å². The molecule has 0 spiro atoms. The van der Waals surface area contributed by atoms with Crippen molar-refractivity contribution in [3.05, 3.63) is 28.2 Å². The summed E-state index contributed by atoms with van der Waals surface area (Å²) in [5.74, 6) is 1.89. The van der Waals surface area contributed by atoms with Crippen molar-refractivity contribution in [2.75, 3.05) is 6.61 Å². The van der Waals surface area contributed by atoms with Crippen molar-refractivity contribution in [2.45, 2.75) is 37.4 Å². The molecule has 94 valence electrons. The van der Waals surface area contributed by atoms with Gasteiger partial charge in [-0.2, -0.15) is 0 Å². The molecule has 1 aromatic carbocycles. The Labute approximate surface area is 120 Å². The predicted octanol–water partition coefficient (Wildman–Crippen LogP) is 5.47. The summed E-state index contributed by atoms with van der Waals surface area (Å²) < 4.78 is 6.71. The van der Waals surface area contributed by atoms with E-state index in [-0.39, 0.29) is 0 Å². The minimum atomic E-state index is 0.478. The first-order valence-electron chi connectivity index (χ1n) is 6.27. The SMILES string of the molecule is CCCOc1ccc(C(Br)CC2CC2)cc1Br. The van der Waals surface area contributed by atoms with Gasteiger partial charge in [-0.3, -0.25) is 0 Å². The number of rotatable bonds is 6. The third-order valence-corrected chi connectivity index (χ3v) is 4.54. The fourth-order valence-electron chi connectivity index (χ4n) is 1.82. The van der Waals surface area contributed by atoms with Gasteiger partial charge in [0.1, 0.15) is 5.75 Å². The lowest BCUT2D eigenvalue weighted by atomic mass is 10.1. The summed E-state index contributed by atoms with van der Waals surface area (Å²) in [6.07, 6.45) is 5.10. The molecule has 2 rings (SSSR count). The van der Waals surface area contributed by atoms with Crippen LogP contribution in [0.5, 0.6) is 5.75 Å². The first-order valence-corrected chi connectivity index (χ1v) is 7.98. The molecule has 0 saturated heterocycles. The van der Waals surface area contributed by atoms with Gasteiger partial charge in [0, 0.05) is 4.83 Å². The summed E-state index contributed by atoms with van der Waals surface area (Å²) >= 11 is 7.36. The van der Waals surface area contributed by atoms with E-state index in [1.165, 1.54) is 24.8 Å². The van der Waals surface area contributed by atoms with Crippen LogP contribution in [0.3, 0.4) is 0 Å². The van der Waals surface area contributed by atoms with Gasteiger partial charge in [0.25, 0.3) is 0 Å². The first kappa shape index (κ1) is 13.4. The van der Waals surface area contributed by atoms with Gasteiger partial charge < -0.3 is 4.74 Å². The van der Waals surface area contributed by atoms with E-state index < -0.39 is 0 Å². The van der Waals surface area contributed by atoms with E-state index in [0.717, 1.165) is 29.2 Å². The number of alkyl halides is 1. The van der Waals surface area contributed by atoms with Gasteiger partial charge in [-0.15, -0.1) is 0 Å². The Kier molecular flexibility index (Phi) is 4.92. The molecule has 1 aromatic rings. The minimum absolute atomic E-state index is 0.478. The lowest BCUT2D eigenvalue weighted by Gasteiger charge is -2.12. The largest absolute Gasteiger partial charge is 0.492 e. The summed E-state index contributed by atoms with van der Waals surface area (Å²) in [7, 11) is 0. The maximum absolute atomic E-state index is 5.65. The molecule has 0 heterocycles. The molecule has 1 aliphatic rings. The molecule has 17 heavy (non-hydrogen) atoms. The molecular weight excluding hydrogens is 344 g/mol. The van der Waals surface area contributed by atoms with Crippen molar-refractivity contribution in [3.63, 3.8) is 0 Å². The van der Waals surface area contributed by atoms with Crippen molar-refractivity contribution < 1.29 is 4.74 Å². The van der Waals surface area contributed by atoms with E-state index in [4.69, 9.17) is 4.74 Å².